The van der Waals surface area contributed by atoms with Crippen molar-refractivity contribution in [3.8, 4) is 11.5 Å². The van der Waals surface area contributed by atoms with Gasteiger partial charge < -0.3 is 10.1 Å². The third-order valence-corrected chi connectivity index (χ3v) is 3.69. The summed E-state index contributed by atoms with van der Waals surface area (Å²) < 4.78 is 5.95. The predicted molar refractivity (Wildman–Crippen MR) is 89.4 cm³/mol. The number of halogens is 1. The van der Waals surface area contributed by atoms with Crippen molar-refractivity contribution in [2.45, 2.75) is 33.7 Å². The molecular formula is C18H22ClNO. The molecule has 0 atom stereocenters. The Bertz CT molecular complexity index is 610. The molecule has 0 aliphatic heterocycles. The molecule has 3 heteroatoms. The van der Waals surface area contributed by atoms with Gasteiger partial charge in [-0.3, -0.25) is 0 Å². The highest BCUT2D eigenvalue weighted by Crippen LogP contribution is 2.29. The van der Waals surface area contributed by atoms with E-state index >= 15 is 0 Å². The van der Waals surface area contributed by atoms with Crippen molar-refractivity contribution in [2.24, 2.45) is 0 Å². The summed E-state index contributed by atoms with van der Waals surface area (Å²) in [6, 6.07) is 12.1. The molecule has 2 aromatic carbocycles. The molecule has 0 spiro atoms. The quantitative estimate of drug-likeness (QED) is 0.736. The lowest BCUT2D eigenvalue weighted by atomic mass is 10.1. The van der Waals surface area contributed by atoms with Crippen LogP contribution in [0.2, 0.25) is 5.02 Å². The van der Waals surface area contributed by atoms with Gasteiger partial charge in [0.25, 0.3) is 0 Å². The molecule has 112 valence electrons. The van der Waals surface area contributed by atoms with E-state index in [4.69, 9.17) is 16.3 Å². The second kappa shape index (κ2) is 7.48. The molecule has 0 unspecified atom stereocenters. The van der Waals surface area contributed by atoms with Gasteiger partial charge in [0.2, 0.25) is 0 Å². The van der Waals surface area contributed by atoms with E-state index in [2.05, 4.69) is 31.3 Å². The fourth-order valence-corrected chi connectivity index (χ4v) is 2.32. The summed E-state index contributed by atoms with van der Waals surface area (Å²) in [6.07, 6.45) is 1.12. The maximum absolute atomic E-state index is 6.33. The first-order chi connectivity index (χ1) is 10.1. The van der Waals surface area contributed by atoms with E-state index in [1.165, 1.54) is 5.56 Å². The van der Waals surface area contributed by atoms with Crippen molar-refractivity contribution in [3.05, 3.63) is 58.1 Å². The van der Waals surface area contributed by atoms with Crippen molar-refractivity contribution in [1.82, 2.24) is 5.32 Å². The van der Waals surface area contributed by atoms with E-state index in [0.29, 0.717) is 0 Å². The third-order valence-electron chi connectivity index (χ3n) is 3.34. The molecule has 21 heavy (non-hydrogen) atoms. The molecule has 0 saturated carbocycles. The van der Waals surface area contributed by atoms with Gasteiger partial charge in [0.15, 0.2) is 0 Å². The van der Waals surface area contributed by atoms with Crippen molar-refractivity contribution >= 4 is 11.6 Å². The first-order valence-electron chi connectivity index (χ1n) is 7.34. The van der Waals surface area contributed by atoms with Gasteiger partial charge in [-0.05, 0) is 61.7 Å². The van der Waals surface area contributed by atoms with Gasteiger partial charge in [-0.1, -0.05) is 36.7 Å². The van der Waals surface area contributed by atoms with Crippen LogP contribution in [0.3, 0.4) is 0 Å². The first-order valence-corrected chi connectivity index (χ1v) is 7.72. The van der Waals surface area contributed by atoms with E-state index in [1.54, 1.807) is 0 Å². The van der Waals surface area contributed by atoms with Gasteiger partial charge >= 0.3 is 0 Å². The highest BCUT2D eigenvalue weighted by Gasteiger charge is 2.05. The van der Waals surface area contributed by atoms with E-state index in [-0.39, 0.29) is 0 Å². The summed E-state index contributed by atoms with van der Waals surface area (Å²) in [6.45, 7) is 8.03. The summed E-state index contributed by atoms with van der Waals surface area (Å²) in [5.41, 5.74) is 3.39. The normalized spacial score (nSPS) is 10.7. The molecule has 0 aliphatic carbocycles. The third kappa shape index (κ3) is 4.48. The lowest BCUT2D eigenvalue weighted by Crippen LogP contribution is -2.13. The van der Waals surface area contributed by atoms with Crippen molar-refractivity contribution in [1.29, 1.82) is 0 Å². The Labute approximate surface area is 132 Å². The molecule has 0 bridgehead atoms. The smallest absolute Gasteiger partial charge is 0.130 e. The summed E-state index contributed by atoms with van der Waals surface area (Å²) >= 11 is 6.33. The summed E-state index contributed by atoms with van der Waals surface area (Å²) in [5, 5.41) is 4.09. The Balaban J connectivity index is 2.11. The number of benzene rings is 2. The zero-order chi connectivity index (χ0) is 15.2. The van der Waals surface area contributed by atoms with E-state index < -0.39 is 0 Å². The minimum absolute atomic E-state index is 0.737. The average molecular weight is 304 g/mol. The molecule has 0 aromatic heterocycles. The van der Waals surface area contributed by atoms with Crippen LogP contribution in [-0.4, -0.2) is 6.54 Å². The van der Waals surface area contributed by atoms with Crippen LogP contribution in [-0.2, 0) is 6.54 Å². The van der Waals surface area contributed by atoms with E-state index in [1.807, 2.05) is 31.2 Å². The second-order valence-electron chi connectivity index (χ2n) is 5.30. The van der Waals surface area contributed by atoms with Crippen LogP contribution in [0.5, 0.6) is 11.5 Å². The Hall–Kier alpha value is -1.51. The molecule has 0 aliphatic rings. The lowest BCUT2D eigenvalue weighted by Gasteiger charge is -2.12. The molecule has 0 radical (unpaired) electrons. The van der Waals surface area contributed by atoms with Crippen LogP contribution in [0.25, 0.3) is 0 Å². The molecule has 2 rings (SSSR count). The number of nitrogens with one attached hydrogen (secondary N) is 1. The largest absolute Gasteiger partial charge is 0.457 e. The number of aryl methyl sites for hydroxylation is 2. The molecule has 2 aromatic rings. The SMILES string of the molecule is CCCNCc1ccc(Oc2cc(C)ccc2C)cc1Cl. The number of rotatable bonds is 6. The van der Waals surface area contributed by atoms with Gasteiger partial charge in [0.05, 0.1) is 0 Å². The molecule has 0 amide bonds. The molecule has 0 saturated heterocycles. The molecule has 2 nitrogen and oxygen atoms in total. The summed E-state index contributed by atoms with van der Waals surface area (Å²) in [7, 11) is 0. The van der Waals surface area contributed by atoms with Gasteiger partial charge in [0.1, 0.15) is 11.5 Å². The maximum atomic E-state index is 6.33. The lowest BCUT2D eigenvalue weighted by molar-refractivity contribution is 0.478. The zero-order valence-corrected chi connectivity index (χ0v) is 13.6. The second-order valence-corrected chi connectivity index (χ2v) is 5.71. The standard InChI is InChI=1S/C18H22ClNO/c1-4-9-20-12-15-7-8-16(11-17(15)19)21-18-10-13(2)5-6-14(18)3/h5-8,10-11,20H,4,9,12H2,1-3H3. The fraction of sp³-hybridized carbons (Fsp3) is 0.333. The molecule has 0 heterocycles. The van der Waals surface area contributed by atoms with Gasteiger partial charge in [0, 0.05) is 11.6 Å². The zero-order valence-electron chi connectivity index (χ0n) is 12.9. The Morgan fingerprint density at radius 2 is 1.90 bits per heavy atom. The summed E-state index contributed by atoms with van der Waals surface area (Å²) in [4.78, 5) is 0. The Morgan fingerprint density at radius 1 is 1.10 bits per heavy atom. The van der Waals surface area contributed by atoms with E-state index in [9.17, 15) is 0 Å². The van der Waals surface area contributed by atoms with Gasteiger partial charge in [-0.2, -0.15) is 0 Å². The molecular weight excluding hydrogens is 282 g/mol. The van der Waals surface area contributed by atoms with Crippen molar-refractivity contribution < 1.29 is 4.74 Å². The van der Waals surface area contributed by atoms with Crippen LogP contribution in [0.4, 0.5) is 0 Å². The minimum Gasteiger partial charge on any atom is -0.457 e. The number of hydrogen-bond donors (Lipinski definition) is 1. The van der Waals surface area contributed by atoms with Crippen molar-refractivity contribution in [3.63, 3.8) is 0 Å². The number of hydrogen-bond acceptors (Lipinski definition) is 2. The highest BCUT2D eigenvalue weighted by atomic mass is 35.5. The molecule has 1 N–H and O–H groups in total. The monoisotopic (exact) mass is 303 g/mol. The van der Waals surface area contributed by atoms with Gasteiger partial charge in [-0.25, -0.2) is 0 Å². The van der Waals surface area contributed by atoms with Crippen LogP contribution >= 0.6 is 11.6 Å². The Kier molecular flexibility index (Phi) is 5.66. The average Bonchev–Trinajstić information content (AvgIpc) is 2.45. The maximum Gasteiger partial charge on any atom is 0.130 e. The first kappa shape index (κ1) is 15.9. The Morgan fingerprint density at radius 3 is 2.62 bits per heavy atom. The van der Waals surface area contributed by atoms with Crippen LogP contribution in [0.15, 0.2) is 36.4 Å². The minimum atomic E-state index is 0.737. The summed E-state index contributed by atoms with van der Waals surface area (Å²) in [5.74, 6) is 1.65. The van der Waals surface area contributed by atoms with Crippen molar-refractivity contribution in [2.75, 3.05) is 6.54 Å². The van der Waals surface area contributed by atoms with Crippen LogP contribution < -0.4 is 10.1 Å². The molecule has 0 fully saturated rings. The van der Waals surface area contributed by atoms with E-state index in [0.717, 1.165) is 47.2 Å². The topological polar surface area (TPSA) is 21.3 Å². The van der Waals surface area contributed by atoms with Crippen LogP contribution in [0, 0.1) is 13.8 Å². The van der Waals surface area contributed by atoms with Gasteiger partial charge in [-0.15, -0.1) is 0 Å². The fourth-order valence-electron chi connectivity index (χ4n) is 2.08. The highest BCUT2D eigenvalue weighted by molar-refractivity contribution is 6.31. The number of ether oxygens (including phenoxy) is 1. The predicted octanol–water partition coefficient (Wildman–Crippen LogP) is 5.25. The van der Waals surface area contributed by atoms with Crippen LogP contribution in [0.1, 0.15) is 30.0 Å².